The molecule has 2 aliphatic rings. The summed E-state index contributed by atoms with van der Waals surface area (Å²) >= 11 is 0. The van der Waals surface area contributed by atoms with Gasteiger partial charge in [-0.25, -0.2) is 4.68 Å². The van der Waals surface area contributed by atoms with Crippen LogP contribution in [0.5, 0.6) is 5.88 Å². The van der Waals surface area contributed by atoms with Crippen molar-refractivity contribution >= 4 is 11.6 Å². The maximum Gasteiger partial charge on any atom is 0.350 e. The number of fused-ring (bicyclic) bond motifs is 2. The highest BCUT2D eigenvalue weighted by Crippen LogP contribution is 2.34. The highest BCUT2D eigenvalue weighted by atomic mass is 16.6. The van der Waals surface area contributed by atoms with E-state index in [4.69, 9.17) is 4.74 Å². The molecule has 3 heterocycles. The summed E-state index contributed by atoms with van der Waals surface area (Å²) in [5, 5.41) is 18.1. The highest BCUT2D eigenvalue weighted by molar-refractivity contribution is 5.80. The van der Waals surface area contributed by atoms with E-state index < -0.39 is 11.0 Å². The lowest BCUT2D eigenvalue weighted by Gasteiger charge is -2.36. The van der Waals surface area contributed by atoms with Gasteiger partial charge < -0.3 is 15.0 Å². The van der Waals surface area contributed by atoms with Gasteiger partial charge in [0.05, 0.1) is 12.0 Å². The average molecular weight is 337 g/mol. The molecule has 1 aromatic heterocycles. The maximum absolute atomic E-state index is 12.5. The first-order chi connectivity index (χ1) is 11.4. The fourth-order valence-electron chi connectivity index (χ4n) is 3.81. The molecule has 0 radical (unpaired) electrons. The Bertz CT molecular complexity index is 632. The van der Waals surface area contributed by atoms with Crippen LogP contribution in [0.25, 0.3) is 0 Å². The molecule has 9 nitrogen and oxygen atoms in total. The molecule has 9 heteroatoms. The molecule has 3 atom stereocenters. The van der Waals surface area contributed by atoms with E-state index in [2.05, 4.69) is 22.4 Å². The standard InChI is InChI=1S/C15H23N5O4/c1-9(19-8-13(20(22)23)15(17-19)24-3)14(21)16-10-6-11-4-5-12(7-10)18(11)2/h8-12H,4-7H2,1-3H3,(H,16,21). The van der Waals surface area contributed by atoms with Crippen LogP contribution in [-0.4, -0.2) is 57.8 Å². The smallest absolute Gasteiger partial charge is 0.350 e. The predicted octanol–water partition coefficient (Wildman–Crippen LogP) is 1.10. The van der Waals surface area contributed by atoms with Crippen molar-refractivity contribution in [3.05, 3.63) is 16.3 Å². The van der Waals surface area contributed by atoms with Gasteiger partial charge in [-0.1, -0.05) is 0 Å². The first-order valence-corrected chi connectivity index (χ1v) is 8.20. The fourth-order valence-corrected chi connectivity index (χ4v) is 3.81. The molecule has 2 saturated heterocycles. The van der Waals surface area contributed by atoms with E-state index in [1.165, 1.54) is 30.8 Å². The van der Waals surface area contributed by atoms with Gasteiger partial charge in [-0.2, -0.15) is 0 Å². The fraction of sp³-hybridized carbons (Fsp3) is 0.733. The SMILES string of the molecule is COc1nn(C(C)C(=O)NC2CC3CCC(C2)N3C)cc1[N+](=O)[O-]. The molecular weight excluding hydrogens is 314 g/mol. The number of piperidine rings is 1. The third-order valence-electron chi connectivity index (χ3n) is 5.29. The van der Waals surface area contributed by atoms with E-state index in [1.807, 2.05) is 0 Å². The Morgan fingerprint density at radius 2 is 2.08 bits per heavy atom. The molecular formula is C15H23N5O4. The van der Waals surface area contributed by atoms with Gasteiger partial charge in [-0.05, 0) is 39.7 Å². The third-order valence-corrected chi connectivity index (χ3v) is 5.29. The molecule has 0 aliphatic carbocycles. The second-order valence-electron chi connectivity index (χ2n) is 6.66. The molecule has 1 N–H and O–H groups in total. The Balaban J connectivity index is 1.66. The molecule has 1 amide bonds. The Morgan fingerprint density at radius 1 is 1.46 bits per heavy atom. The minimum atomic E-state index is -0.634. The van der Waals surface area contributed by atoms with Crippen LogP contribution in [0.4, 0.5) is 5.69 Å². The summed E-state index contributed by atoms with van der Waals surface area (Å²) in [6, 6.07) is 0.594. The number of nitrogens with zero attached hydrogens (tertiary/aromatic N) is 4. The van der Waals surface area contributed by atoms with E-state index in [-0.39, 0.29) is 23.5 Å². The number of rotatable bonds is 5. The Morgan fingerprint density at radius 3 is 2.58 bits per heavy atom. The number of amides is 1. The number of hydrogen-bond donors (Lipinski definition) is 1. The zero-order valence-electron chi connectivity index (χ0n) is 14.1. The number of ether oxygens (including phenoxy) is 1. The summed E-state index contributed by atoms with van der Waals surface area (Å²) in [4.78, 5) is 25.3. The van der Waals surface area contributed by atoms with Crippen molar-refractivity contribution < 1.29 is 14.5 Å². The van der Waals surface area contributed by atoms with Gasteiger partial charge in [0, 0.05) is 18.1 Å². The summed E-state index contributed by atoms with van der Waals surface area (Å²) in [6.07, 6.45) is 5.51. The molecule has 0 aromatic carbocycles. The quantitative estimate of drug-likeness (QED) is 0.637. The average Bonchev–Trinajstić information content (AvgIpc) is 3.05. The van der Waals surface area contributed by atoms with E-state index >= 15 is 0 Å². The first kappa shape index (κ1) is 16.7. The number of aromatic nitrogens is 2. The van der Waals surface area contributed by atoms with Crippen LogP contribution in [0.1, 0.15) is 38.6 Å². The van der Waals surface area contributed by atoms with Gasteiger partial charge in [0.2, 0.25) is 5.91 Å². The molecule has 1 aromatic rings. The molecule has 3 unspecified atom stereocenters. The van der Waals surface area contributed by atoms with Crippen molar-refractivity contribution in [2.75, 3.05) is 14.2 Å². The van der Waals surface area contributed by atoms with Crippen molar-refractivity contribution in [1.82, 2.24) is 20.0 Å². The van der Waals surface area contributed by atoms with Crippen molar-refractivity contribution in [1.29, 1.82) is 0 Å². The molecule has 0 spiro atoms. The van der Waals surface area contributed by atoms with Crippen LogP contribution in [0.3, 0.4) is 0 Å². The summed E-state index contributed by atoms with van der Waals surface area (Å²) in [5.41, 5.74) is -0.241. The van der Waals surface area contributed by atoms with Gasteiger partial charge in [-0.15, -0.1) is 5.10 Å². The summed E-state index contributed by atoms with van der Waals surface area (Å²) in [7, 11) is 3.47. The monoisotopic (exact) mass is 337 g/mol. The number of carbonyl (C=O) groups excluding carboxylic acids is 1. The zero-order valence-corrected chi connectivity index (χ0v) is 14.1. The lowest BCUT2D eigenvalue weighted by Crippen LogP contribution is -2.49. The van der Waals surface area contributed by atoms with Crippen molar-refractivity contribution in [3.8, 4) is 5.88 Å². The number of methoxy groups -OCH3 is 1. The number of carbonyl (C=O) groups is 1. The second kappa shape index (κ2) is 6.39. The second-order valence-corrected chi connectivity index (χ2v) is 6.66. The van der Waals surface area contributed by atoms with Crippen LogP contribution in [0, 0.1) is 10.1 Å². The summed E-state index contributed by atoms with van der Waals surface area (Å²) in [6.45, 7) is 1.68. The van der Waals surface area contributed by atoms with Gasteiger partial charge in [0.25, 0.3) is 0 Å². The van der Waals surface area contributed by atoms with Crippen LogP contribution < -0.4 is 10.1 Å². The molecule has 3 rings (SSSR count). The number of nitrogens with one attached hydrogen (secondary N) is 1. The number of hydrogen-bond acceptors (Lipinski definition) is 6. The summed E-state index contributed by atoms with van der Waals surface area (Å²) < 4.78 is 6.19. The normalized spacial score (nSPS) is 27.7. The largest absolute Gasteiger partial charge is 0.475 e. The van der Waals surface area contributed by atoms with Crippen LogP contribution >= 0.6 is 0 Å². The Hall–Kier alpha value is -2.16. The van der Waals surface area contributed by atoms with E-state index in [9.17, 15) is 14.9 Å². The van der Waals surface area contributed by atoms with Crippen molar-refractivity contribution in [2.24, 2.45) is 0 Å². The van der Waals surface area contributed by atoms with Gasteiger partial charge >= 0.3 is 11.6 Å². The molecule has 2 bridgehead atoms. The predicted molar refractivity (Wildman–Crippen MR) is 85.9 cm³/mol. The van der Waals surface area contributed by atoms with Gasteiger partial charge in [-0.3, -0.25) is 14.9 Å². The molecule has 0 saturated carbocycles. The Kier molecular flexibility index (Phi) is 4.44. The molecule has 2 fully saturated rings. The topological polar surface area (TPSA) is 103 Å². The van der Waals surface area contributed by atoms with E-state index in [1.54, 1.807) is 6.92 Å². The van der Waals surface area contributed by atoms with Crippen molar-refractivity contribution in [2.45, 2.75) is 56.8 Å². The Labute approximate surface area is 140 Å². The molecule has 132 valence electrons. The minimum Gasteiger partial charge on any atom is -0.475 e. The lowest BCUT2D eigenvalue weighted by atomic mass is 9.98. The van der Waals surface area contributed by atoms with E-state index in [0.717, 1.165) is 12.8 Å². The van der Waals surface area contributed by atoms with Gasteiger partial charge in [0.1, 0.15) is 12.2 Å². The molecule has 2 aliphatic heterocycles. The first-order valence-electron chi connectivity index (χ1n) is 8.20. The van der Waals surface area contributed by atoms with Gasteiger partial charge in [0.15, 0.2) is 0 Å². The van der Waals surface area contributed by atoms with E-state index in [0.29, 0.717) is 12.1 Å². The zero-order chi connectivity index (χ0) is 17.4. The number of nitro groups is 1. The summed E-state index contributed by atoms with van der Waals surface area (Å²) in [5.74, 6) is -0.263. The third kappa shape index (κ3) is 2.95. The minimum absolute atomic E-state index is 0.0861. The highest BCUT2D eigenvalue weighted by Gasteiger charge is 2.39. The van der Waals surface area contributed by atoms with Crippen molar-refractivity contribution in [3.63, 3.8) is 0 Å². The van der Waals surface area contributed by atoms with Crippen LogP contribution in [0.2, 0.25) is 0 Å². The maximum atomic E-state index is 12.5. The molecule has 24 heavy (non-hydrogen) atoms. The van der Waals surface area contributed by atoms with Crippen LogP contribution in [-0.2, 0) is 4.79 Å². The van der Waals surface area contributed by atoms with Crippen LogP contribution in [0.15, 0.2) is 6.20 Å². The lowest BCUT2D eigenvalue weighted by molar-refractivity contribution is -0.385.